The van der Waals surface area contributed by atoms with Gasteiger partial charge in [0.25, 0.3) is 5.56 Å². The van der Waals surface area contributed by atoms with Gasteiger partial charge in [-0.2, -0.15) is 5.26 Å². The summed E-state index contributed by atoms with van der Waals surface area (Å²) in [6.45, 7) is 2.25. The van der Waals surface area contributed by atoms with Gasteiger partial charge in [-0.15, -0.1) is 0 Å². The third kappa shape index (κ3) is 2.93. The van der Waals surface area contributed by atoms with E-state index in [1.54, 1.807) is 6.07 Å². The van der Waals surface area contributed by atoms with Crippen molar-refractivity contribution in [2.45, 2.75) is 44.8 Å². The molecule has 1 aliphatic carbocycles. The molecule has 0 saturated heterocycles. The van der Waals surface area contributed by atoms with E-state index < -0.39 is 16.9 Å². The average Bonchev–Trinajstić information content (AvgIpc) is 2.37. The minimum atomic E-state index is -0.929. The van der Waals surface area contributed by atoms with Crippen molar-refractivity contribution >= 4 is 0 Å². The van der Waals surface area contributed by atoms with Crippen LogP contribution in [-0.2, 0) is 6.54 Å². The van der Waals surface area contributed by atoms with Gasteiger partial charge in [0.2, 0.25) is 0 Å². The molecule has 0 amide bonds. The van der Waals surface area contributed by atoms with E-state index in [1.165, 1.54) is 10.8 Å². The van der Waals surface area contributed by atoms with Crippen molar-refractivity contribution in [3.63, 3.8) is 0 Å². The van der Waals surface area contributed by atoms with E-state index in [1.807, 2.05) is 0 Å². The van der Waals surface area contributed by atoms with Crippen LogP contribution in [0.3, 0.4) is 0 Å². The third-order valence-corrected chi connectivity index (χ3v) is 3.80. The van der Waals surface area contributed by atoms with Crippen molar-refractivity contribution in [3.05, 3.63) is 32.6 Å². The van der Waals surface area contributed by atoms with Crippen LogP contribution in [0.4, 0.5) is 0 Å². The SMILES string of the molecule is CC1CCC(O)(Cn2cc(C#N)c(=O)[nH]c2=O)CC1. The number of hydrogen-bond acceptors (Lipinski definition) is 4. The highest BCUT2D eigenvalue weighted by atomic mass is 16.3. The van der Waals surface area contributed by atoms with Crippen LogP contribution in [0.5, 0.6) is 0 Å². The molecule has 1 fully saturated rings. The first-order valence-electron chi connectivity index (χ1n) is 6.40. The number of H-pyrrole nitrogens is 1. The Hall–Kier alpha value is -1.87. The largest absolute Gasteiger partial charge is 0.388 e. The van der Waals surface area contributed by atoms with E-state index in [2.05, 4.69) is 11.9 Å². The molecule has 0 unspecified atom stereocenters. The van der Waals surface area contributed by atoms with Crippen LogP contribution in [0.1, 0.15) is 38.2 Å². The molecule has 6 heteroatoms. The molecule has 2 N–H and O–H groups in total. The van der Waals surface area contributed by atoms with Gasteiger partial charge in [-0.1, -0.05) is 6.92 Å². The van der Waals surface area contributed by atoms with E-state index in [4.69, 9.17) is 5.26 Å². The number of aliphatic hydroxyl groups is 1. The van der Waals surface area contributed by atoms with Crippen molar-refractivity contribution < 1.29 is 5.11 Å². The predicted molar refractivity (Wildman–Crippen MR) is 68.6 cm³/mol. The van der Waals surface area contributed by atoms with E-state index in [0.717, 1.165) is 12.8 Å². The molecule has 0 aliphatic heterocycles. The van der Waals surface area contributed by atoms with Gasteiger partial charge < -0.3 is 5.11 Å². The van der Waals surface area contributed by atoms with Crippen LogP contribution < -0.4 is 11.2 Å². The third-order valence-electron chi connectivity index (χ3n) is 3.80. The molecule has 1 aromatic rings. The molecule has 1 aliphatic rings. The van der Waals surface area contributed by atoms with Crippen molar-refractivity contribution in [1.82, 2.24) is 9.55 Å². The molecule has 6 nitrogen and oxygen atoms in total. The van der Waals surface area contributed by atoms with E-state index in [9.17, 15) is 14.7 Å². The molecular formula is C13H17N3O3. The molecule has 1 heterocycles. The maximum absolute atomic E-state index is 11.7. The van der Waals surface area contributed by atoms with Crippen LogP contribution in [-0.4, -0.2) is 20.3 Å². The second-order valence-electron chi connectivity index (χ2n) is 5.45. The quantitative estimate of drug-likeness (QED) is 0.804. The van der Waals surface area contributed by atoms with Crippen molar-refractivity contribution in [1.29, 1.82) is 5.26 Å². The normalized spacial score (nSPS) is 26.9. The first kappa shape index (κ1) is 13.6. The topological polar surface area (TPSA) is 98.9 Å². The smallest absolute Gasteiger partial charge is 0.328 e. The van der Waals surface area contributed by atoms with Gasteiger partial charge in [0.05, 0.1) is 12.1 Å². The highest BCUT2D eigenvalue weighted by Gasteiger charge is 2.32. The van der Waals surface area contributed by atoms with E-state index in [-0.39, 0.29) is 12.1 Å². The Labute approximate surface area is 110 Å². The molecule has 102 valence electrons. The summed E-state index contributed by atoms with van der Waals surface area (Å²) >= 11 is 0. The molecule has 2 rings (SSSR count). The lowest BCUT2D eigenvalue weighted by Crippen LogP contribution is -2.42. The maximum Gasteiger partial charge on any atom is 0.328 e. The zero-order valence-electron chi connectivity index (χ0n) is 10.8. The highest BCUT2D eigenvalue weighted by molar-refractivity contribution is 5.21. The lowest BCUT2D eigenvalue weighted by atomic mass is 9.79. The van der Waals surface area contributed by atoms with Crippen molar-refractivity contribution in [3.8, 4) is 6.07 Å². The zero-order chi connectivity index (χ0) is 14.0. The lowest BCUT2D eigenvalue weighted by Gasteiger charge is -2.35. The monoisotopic (exact) mass is 263 g/mol. The molecule has 0 bridgehead atoms. The Bertz CT molecular complexity index is 615. The fraction of sp³-hybridized carbons (Fsp3) is 0.615. The van der Waals surface area contributed by atoms with Crippen LogP contribution >= 0.6 is 0 Å². The fourth-order valence-electron chi connectivity index (χ4n) is 2.48. The molecule has 0 aromatic carbocycles. The molecule has 0 atom stereocenters. The van der Waals surface area contributed by atoms with Gasteiger partial charge in [0.1, 0.15) is 11.6 Å². The summed E-state index contributed by atoms with van der Waals surface area (Å²) in [4.78, 5) is 25.1. The minimum absolute atomic E-state index is 0.115. The first-order valence-corrected chi connectivity index (χ1v) is 6.40. The van der Waals surface area contributed by atoms with Gasteiger partial charge >= 0.3 is 5.69 Å². The maximum atomic E-state index is 11.7. The second-order valence-corrected chi connectivity index (χ2v) is 5.45. The first-order chi connectivity index (χ1) is 8.93. The van der Waals surface area contributed by atoms with Gasteiger partial charge in [-0.05, 0) is 31.6 Å². The number of rotatable bonds is 2. The van der Waals surface area contributed by atoms with Crippen LogP contribution in [0.15, 0.2) is 15.8 Å². The number of aromatic nitrogens is 2. The number of nitriles is 1. The summed E-state index contributed by atoms with van der Waals surface area (Å²) in [7, 11) is 0. The number of aromatic amines is 1. The average molecular weight is 263 g/mol. The van der Waals surface area contributed by atoms with E-state index >= 15 is 0 Å². The Balaban J connectivity index is 2.27. The molecule has 1 saturated carbocycles. The van der Waals surface area contributed by atoms with Gasteiger partial charge in [0, 0.05) is 6.20 Å². The van der Waals surface area contributed by atoms with Crippen LogP contribution in [0, 0.1) is 17.2 Å². The fourth-order valence-corrected chi connectivity index (χ4v) is 2.48. The number of hydrogen-bond donors (Lipinski definition) is 2. The van der Waals surface area contributed by atoms with Gasteiger partial charge in [-0.3, -0.25) is 14.3 Å². The van der Waals surface area contributed by atoms with Crippen LogP contribution in [0.25, 0.3) is 0 Å². The molecule has 0 radical (unpaired) electrons. The highest BCUT2D eigenvalue weighted by Crippen LogP contribution is 2.32. The van der Waals surface area contributed by atoms with Crippen LogP contribution in [0.2, 0.25) is 0 Å². The summed E-state index contributed by atoms with van der Waals surface area (Å²) in [6, 6.07) is 1.73. The lowest BCUT2D eigenvalue weighted by molar-refractivity contribution is -0.0228. The summed E-state index contributed by atoms with van der Waals surface area (Å²) < 4.78 is 1.22. The zero-order valence-corrected chi connectivity index (χ0v) is 10.8. The molecule has 1 aromatic heterocycles. The van der Waals surface area contributed by atoms with Crippen molar-refractivity contribution in [2.75, 3.05) is 0 Å². The standard InChI is InChI=1S/C13H17N3O3/c1-9-2-4-13(19,5-3-9)8-16-7-10(6-14)11(17)15-12(16)18/h7,9,19H,2-5,8H2,1H3,(H,15,17,18). The summed E-state index contributed by atoms with van der Waals surface area (Å²) in [5.41, 5.74) is -2.32. The second kappa shape index (κ2) is 5.02. The molecule has 19 heavy (non-hydrogen) atoms. The van der Waals surface area contributed by atoms with Gasteiger partial charge in [-0.25, -0.2) is 4.79 Å². The van der Waals surface area contributed by atoms with Gasteiger partial charge in [0.15, 0.2) is 0 Å². The van der Waals surface area contributed by atoms with E-state index in [0.29, 0.717) is 18.8 Å². The Kier molecular flexibility index (Phi) is 3.58. The van der Waals surface area contributed by atoms with Crippen molar-refractivity contribution in [2.24, 2.45) is 5.92 Å². The summed E-state index contributed by atoms with van der Waals surface area (Å²) in [6.07, 6.45) is 4.31. The molecular weight excluding hydrogens is 246 g/mol. The number of nitrogens with one attached hydrogen (secondary N) is 1. The summed E-state index contributed by atoms with van der Waals surface area (Å²) in [5.74, 6) is 0.585. The minimum Gasteiger partial charge on any atom is -0.388 e. The Morgan fingerprint density at radius 2 is 2.16 bits per heavy atom. The Morgan fingerprint density at radius 1 is 1.53 bits per heavy atom. The Morgan fingerprint density at radius 3 is 2.74 bits per heavy atom. The molecule has 0 spiro atoms. The number of nitrogens with zero attached hydrogens (tertiary/aromatic N) is 2. The predicted octanol–water partition coefficient (Wildman–Crippen LogP) is 0.349. The summed E-state index contributed by atoms with van der Waals surface area (Å²) in [5, 5.41) is 19.3.